The van der Waals surface area contributed by atoms with Gasteiger partial charge >= 0.3 is 0 Å². The lowest BCUT2D eigenvalue weighted by molar-refractivity contribution is -0.120. The molecule has 5 rings (SSSR count). The summed E-state index contributed by atoms with van der Waals surface area (Å²) in [7, 11) is 1.48. The van der Waals surface area contributed by atoms with E-state index in [9.17, 15) is 18.8 Å². The van der Waals surface area contributed by atoms with Crippen molar-refractivity contribution in [2.75, 3.05) is 22.6 Å². The lowest BCUT2D eigenvalue weighted by atomic mass is 10.2. The van der Waals surface area contributed by atoms with Crippen LogP contribution in [-0.2, 0) is 9.59 Å². The first-order valence-electron chi connectivity index (χ1n) is 12.3. The minimum absolute atomic E-state index is 0.130. The number of anilines is 3. The van der Waals surface area contributed by atoms with Crippen LogP contribution in [0.2, 0.25) is 0 Å². The highest BCUT2D eigenvalue weighted by Gasteiger charge is 2.41. The molecule has 1 heterocycles. The van der Waals surface area contributed by atoms with Gasteiger partial charge < -0.3 is 15.4 Å². The Morgan fingerprint density at radius 1 is 0.850 bits per heavy atom. The Morgan fingerprint density at radius 2 is 1.57 bits per heavy atom. The molecule has 40 heavy (non-hydrogen) atoms. The molecule has 0 fully saturated rings. The average Bonchev–Trinajstić information content (AvgIpc) is 3.17. The normalized spacial score (nSPS) is 13.0. The molecule has 0 radical (unpaired) electrons. The molecular weight excluding hydrogens is 529 g/mol. The Hall–Kier alpha value is -4.89. The molecule has 1 aliphatic heterocycles. The Morgan fingerprint density at radius 3 is 2.30 bits per heavy atom. The second-order valence-electron chi connectivity index (χ2n) is 8.91. The van der Waals surface area contributed by atoms with Crippen molar-refractivity contribution in [2.24, 2.45) is 0 Å². The number of nitrogens with zero attached hydrogens (tertiary/aromatic N) is 1. The number of hydrogen-bond acceptors (Lipinski definition) is 6. The number of carbonyl (C=O) groups is 3. The van der Waals surface area contributed by atoms with Crippen molar-refractivity contribution in [1.82, 2.24) is 0 Å². The monoisotopic (exact) mass is 553 g/mol. The van der Waals surface area contributed by atoms with E-state index < -0.39 is 23.5 Å². The van der Waals surface area contributed by atoms with Crippen molar-refractivity contribution < 1.29 is 23.5 Å². The van der Waals surface area contributed by atoms with Gasteiger partial charge in [0.2, 0.25) is 0 Å². The van der Waals surface area contributed by atoms with E-state index in [1.165, 1.54) is 31.4 Å². The van der Waals surface area contributed by atoms with E-state index in [4.69, 9.17) is 4.74 Å². The summed E-state index contributed by atoms with van der Waals surface area (Å²) in [6.45, 7) is 1.87. The van der Waals surface area contributed by atoms with Gasteiger partial charge in [0, 0.05) is 21.8 Å². The van der Waals surface area contributed by atoms with Crippen LogP contribution in [0.5, 0.6) is 5.75 Å². The summed E-state index contributed by atoms with van der Waals surface area (Å²) < 4.78 is 18.7. The molecule has 0 saturated carbocycles. The molecule has 3 amide bonds. The van der Waals surface area contributed by atoms with Crippen LogP contribution in [-0.4, -0.2) is 24.8 Å². The third-order valence-corrected chi connectivity index (χ3v) is 7.15. The third-order valence-electron chi connectivity index (χ3n) is 6.08. The van der Waals surface area contributed by atoms with Crippen molar-refractivity contribution in [2.45, 2.75) is 11.8 Å². The molecule has 7 nitrogen and oxygen atoms in total. The fourth-order valence-corrected chi connectivity index (χ4v) is 5.12. The number of imide groups is 1. The first-order chi connectivity index (χ1) is 19.3. The molecule has 0 aromatic heterocycles. The summed E-state index contributed by atoms with van der Waals surface area (Å²) in [6.07, 6.45) is 0. The number of rotatable bonds is 8. The van der Waals surface area contributed by atoms with Gasteiger partial charge in [-0.15, -0.1) is 0 Å². The number of amides is 3. The number of aryl methyl sites for hydroxylation is 1. The zero-order valence-corrected chi connectivity index (χ0v) is 22.4. The van der Waals surface area contributed by atoms with Crippen LogP contribution in [0.25, 0.3) is 0 Å². The van der Waals surface area contributed by atoms with E-state index in [1.807, 2.05) is 31.2 Å². The fourth-order valence-electron chi connectivity index (χ4n) is 4.13. The van der Waals surface area contributed by atoms with Gasteiger partial charge in [0.05, 0.1) is 12.8 Å². The standard InChI is InChI=1S/C31H24FN3O4S/c1-19-11-16-26(39-2)25(17-19)35-30(37)27(33-22-7-4-3-5-8-22)28(31(35)38)40-24-10-6-9-23(18-24)34-29(36)20-12-14-21(32)15-13-20/h3-18,33H,1-2H3,(H,34,36). The quantitative estimate of drug-likeness (QED) is 0.246. The van der Waals surface area contributed by atoms with Crippen molar-refractivity contribution in [3.05, 3.63) is 125 Å². The van der Waals surface area contributed by atoms with Crippen molar-refractivity contribution >= 4 is 46.5 Å². The molecule has 1 aliphatic rings. The smallest absolute Gasteiger partial charge is 0.283 e. The van der Waals surface area contributed by atoms with E-state index in [0.29, 0.717) is 33.3 Å². The molecule has 4 aromatic carbocycles. The highest BCUT2D eigenvalue weighted by Crippen LogP contribution is 2.41. The summed E-state index contributed by atoms with van der Waals surface area (Å²) in [5.41, 5.74) is 2.77. The van der Waals surface area contributed by atoms with Gasteiger partial charge in [-0.1, -0.05) is 42.1 Å². The summed E-state index contributed by atoms with van der Waals surface area (Å²) in [5.74, 6) is -1.46. The van der Waals surface area contributed by atoms with Gasteiger partial charge in [-0.05, 0) is 79.2 Å². The van der Waals surface area contributed by atoms with E-state index in [1.54, 1.807) is 48.5 Å². The number of para-hydroxylation sites is 1. The Balaban J connectivity index is 1.47. The first-order valence-corrected chi connectivity index (χ1v) is 13.1. The molecular formula is C31H24FN3O4S. The Kier molecular flexibility index (Phi) is 7.65. The third kappa shape index (κ3) is 5.60. The van der Waals surface area contributed by atoms with Gasteiger partial charge in [0.1, 0.15) is 22.2 Å². The van der Waals surface area contributed by atoms with Gasteiger partial charge in [0.15, 0.2) is 0 Å². The summed E-state index contributed by atoms with van der Waals surface area (Å²) in [4.78, 5) is 42.1. The highest BCUT2D eigenvalue weighted by atomic mass is 32.2. The van der Waals surface area contributed by atoms with Crippen LogP contribution in [0, 0.1) is 12.7 Å². The molecule has 0 spiro atoms. The van der Waals surface area contributed by atoms with Crippen LogP contribution < -0.4 is 20.3 Å². The lowest BCUT2D eigenvalue weighted by Gasteiger charge is -2.19. The summed E-state index contributed by atoms with van der Waals surface area (Å²) >= 11 is 1.11. The molecule has 200 valence electrons. The molecule has 0 atom stereocenters. The van der Waals surface area contributed by atoms with Crippen molar-refractivity contribution in [1.29, 1.82) is 0 Å². The second kappa shape index (κ2) is 11.5. The van der Waals surface area contributed by atoms with Crippen LogP contribution in [0.1, 0.15) is 15.9 Å². The molecule has 0 bridgehead atoms. The number of thioether (sulfide) groups is 1. The number of ether oxygens (including phenoxy) is 1. The first kappa shape index (κ1) is 26.7. The maximum Gasteiger partial charge on any atom is 0.283 e. The Labute approximate surface area is 234 Å². The minimum Gasteiger partial charge on any atom is -0.495 e. The highest BCUT2D eigenvalue weighted by molar-refractivity contribution is 8.04. The van der Waals surface area contributed by atoms with E-state index >= 15 is 0 Å². The number of hydrogen-bond donors (Lipinski definition) is 2. The predicted molar refractivity (Wildman–Crippen MR) is 154 cm³/mol. The van der Waals surface area contributed by atoms with Crippen molar-refractivity contribution in [3.63, 3.8) is 0 Å². The van der Waals surface area contributed by atoms with E-state index in [0.717, 1.165) is 22.2 Å². The molecule has 9 heteroatoms. The Bertz CT molecular complexity index is 1640. The fraction of sp³-hybridized carbons (Fsp3) is 0.0645. The zero-order valence-electron chi connectivity index (χ0n) is 21.6. The average molecular weight is 554 g/mol. The van der Waals surface area contributed by atoms with Crippen LogP contribution >= 0.6 is 11.8 Å². The van der Waals surface area contributed by atoms with Crippen LogP contribution in [0.3, 0.4) is 0 Å². The number of nitrogens with one attached hydrogen (secondary N) is 2. The molecule has 0 aliphatic carbocycles. The van der Waals surface area contributed by atoms with E-state index in [2.05, 4.69) is 10.6 Å². The summed E-state index contributed by atoms with van der Waals surface area (Å²) in [5, 5.41) is 5.91. The maximum absolute atomic E-state index is 13.8. The SMILES string of the molecule is COc1ccc(C)cc1N1C(=O)C(Nc2ccccc2)=C(Sc2cccc(NC(=O)c3ccc(F)cc3)c2)C1=O. The van der Waals surface area contributed by atoms with E-state index in [-0.39, 0.29) is 10.6 Å². The number of methoxy groups -OCH3 is 1. The second-order valence-corrected chi connectivity index (χ2v) is 9.99. The molecule has 0 saturated heterocycles. The summed E-state index contributed by atoms with van der Waals surface area (Å²) in [6, 6.07) is 26.5. The number of carbonyl (C=O) groups excluding carboxylic acids is 3. The van der Waals surface area contributed by atoms with Gasteiger partial charge in [-0.25, -0.2) is 9.29 Å². The van der Waals surface area contributed by atoms with Crippen LogP contribution in [0.15, 0.2) is 113 Å². The largest absolute Gasteiger partial charge is 0.495 e. The zero-order chi connectivity index (χ0) is 28.2. The number of benzene rings is 4. The predicted octanol–water partition coefficient (Wildman–Crippen LogP) is 6.38. The minimum atomic E-state index is -0.513. The van der Waals surface area contributed by atoms with Gasteiger partial charge in [0.25, 0.3) is 17.7 Å². The van der Waals surface area contributed by atoms with Crippen molar-refractivity contribution in [3.8, 4) is 5.75 Å². The maximum atomic E-state index is 13.8. The molecule has 2 N–H and O–H groups in total. The van der Waals surface area contributed by atoms with Gasteiger partial charge in [-0.3, -0.25) is 14.4 Å². The topological polar surface area (TPSA) is 87.7 Å². The lowest BCUT2D eigenvalue weighted by Crippen LogP contribution is -2.32. The van der Waals surface area contributed by atoms with Gasteiger partial charge in [-0.2, -0.15) is 0 Å². The molecule has 4 aromatic rings. The number of halogens is 1. The molecule has 0 unspecified atom stereocenters. The van der Waals surface area contributed by atoms with Crippen LogP contribution in [0.4, 0.5) is 21.5 Å².